The highest BCUT2D eigenvalue weighted by Crippen LogP contribution is 2.29. The second-order valence-electron chi connectivity index (χ2n) is 6.51. The zero-order chi connectivity index (χ0) is 18.4. The van der Waals surface area contributed by atoms with Crippen molar-refractivity contribution in [1.29, 1.82) is 5.26 Å². The van der Waals surface area contributed by atoms with E-state index in [-0.39, 0.29) is 11.5 Å². The molecule has 0 N–H and O–H groups in total. The van der Waals surface area contributed by atoms with Crippen LogP contribution in [0.25, 0.3) is 0 Å². The van der Waals surface area contributed by atoms with Gasteiger partial charge in [-0.3, -0.25) is 0 Å². The van der Waals surface area contributed by atoms with Crippen molar-refractivity contribution in [2.45, 2.75) is 39.0 Å². The molecule has 0 saturated carbocycles. The van der Waals surface area contributed by atoms with Crippen molar-refractivity contribution < 1.29 is 13.9 Å². The standard InChI is InChI=1S/C21H22FNO2/c1-15(2)19(13-17-7-5-4-6-8-17)25-20(24)21(22,14-23)18-11-9-16(3)10-12-18/h4-12,15,19H,13H2,1-3H3/t19-,21-/m0/s1. The van der Waals surface area contributed by atoms with Crippen LogP contribution < -0.4 is 0 Å². The Labute approximate surface area is 148 Å². The number of nitrogens with zero attached hydrogens (tertiary/aromatic N) is 1. The lowest BCUT2D eigenvalue weighted by atomic mass is 9.95. The molecular formula is C21H22FNO2. The normalized spacial score (nSPS) is 14.4. The van der Waals surface area contributed by atoms with E-state index in [1.807, 2.05) is 51.1 Å². The second kappa shape index (κ2) is 7.94. The fraction of sp³-hybridized carbons (Fsp3) is 0.333. The Morgan fingerprint density at radius 1 is 1.16 bits per heavy atom. The van der Waals surface area contributed by atoms with E-state index >= 15 is 4.39 Å². The maximum atomic E-state index is 15.1. The Kier molecular flexibility index (Phi) is 5.93. The molecule has 0 aliphatic heterocycles. The molecule has 0 aliphatic rings. The van der Waals surface area contributed by atoms with Gasteiger partial charge in [-0.1, -0.05) is 74.0 Å². The Hall–Kier alpha value is -2.67. The van der Waals surface area contributed by atoms with Crippen molar-refractivity contribution in [3.63, 3.8) is 0 Å². The molecule has 130 valence electrons. The summed E-state index contributed by atoms with van der Waals surface area (Å²) in [5.41, 5.74) is -0.905. The molecule has 2 aromatic rings. The number of benzene rings is 2. The number of alkyl halides is 1. The van der Waals surface area contributed by atoms with Crippen LogP contribution in [0.1, 0.15) is 30.5 Å². The van der Waals surface area contributed by atoms with Gasteiger partial charge in [0.05, 0.1) is 0 Å². The molecule has 0 fully saturated rings. The van der Waals surface area contributed by atoms with Crippen LogP contribution in [-0.4, -0.2) is 12.1 Å². The first kappa shape index (κ1) is 18.7. The van der Waals surface area contributed by atoms with Crippen molar-refractivity contribution in [2.24, 2.45) is 5.92 Å². The molecule has 2 atom stereocenters. The number of halogens is 1. The molecular weight excluding hydrogens is 317 g/mol. The fourth-order valence-corrected chi connectivity index (χ4v) is 2.49. The van der Waals surface area contributed by atoms with E-state index in [2.05, 4.69) is 0 Å². The summed E-state index contributed by atoms with van der Waals surface area (Å²) in [6, 6.07) is 17.3. The minimum Gasteiger partial charge on any atom is -0.458 e. The Bertz CT molecular complexity index is 750. The van der Waals surface area contributed by atoms with E-state index in [0.717, 1.165) is 11.1 Å². The van der Waals surface area contributed by atoms with Gasteiger partial charge in [0.25, 0.3) is 0 Å². The summed E-state index contributed by atoms with van der Waals surface area (Å²) in [5.74, 6) is -1.17. The number of nitriles is 1. The van der Waals surface area contributed by atoms with Gasteiger partial charge in [-0.2, -0.15) is 5.26 Å². The van der Waals surface area contributed by atoms with Crippen LogP contribution in [0, 0.1) is 24.2 Å². The SMILES string of the molecule is Cc1ccc([C@@](F)(C#N)C(=O)O[C@@H](Cc2ccccc2)C(C)C)cc1. The van der Waals surface area contributed by atoms with Crippen LogP contribution in [0.15, 0.2) is 54.6 Å². The number of carbonyl (C=O) groups excluding carboxylic acids is 1. The summed E-state index contributed by atoms with van der Waals surface area (Å²) < 4.78 is 20.5. The van der Waals surface area contributed by atoms with Gasteiger partial charge < -0.3 is 4.74 Å². The van der Waals surface area contributed by atoms with Gasteiger partial charge in [0.15, 0.2) is 0 Å². The monoisotopic (exact) mass is 339 g/mol. The zero-order valence-corrected chi connectivity index (χ0v) is 14.7. The largest absolute Gasteiger partial charge is 0.458 e. The van der Waals surface area contributed by atoms with E-state index in [0.29, 0.717) is 6.42 Å². The Balaban J connectivity index is 2.21. The molecule has 0 spiro atoms. The second-order valence-corrected chi connectivity index (χ2v) is 6.51. The minimum absolute atomic E-state index is 0.00665. The highest BCUT2D eigenvalue weighted by Gasteiger charge is 2.44. The first-order chi connectivity index (χ1) is 11.9. The van der Waals surface area contributed by atoms with Crippen molar-refractivity contribution >= 4 is 5.97 Å². The van der Waals surface area contributed by atoms with Gasteiger partial charge >= 0.3 is 11.6 Å². The van der Waals surface area contributed by atoms with Crippen molar-refractivity contribution in [3.05, 3.63) is 71.3 Å². The third-order valence-corrected chi connectivity index (χ3v) is 4.17. The summed E-state index contributed by atoms with van der Waals surface area (Å²) in [5, 5.41) is 9.29. The molecule has 0 aromatic heterocycles. The van der Waals surface area contributed by atoms with E-state index in [4.69, 9.17) is 4.74 Å². The van der Waals surface area contributed by atoms with Crippen LogP contribution in [0.2, 0.25) is 0 Å². The number of esters is 1. The Morgan fingerprint density at radius 3 is 2.28 bits per heavy atom. The Morgan fingerprint density at radius 2 is 1.76 bits per heavy atom. The number of hydrogen-bond donors (Lipinski definition) is 0. The van der Waals surface area contributed by atoms with Gasteiger partial charge in [-0.05, 0) is 18.4 Å². The predicted octanol–water partition coefficient (Wildman–Crippen LogP) is 4.49. The highest BCUT2D eigenvalue weighted by molar-refractivity contribution is 5.84. The van der Waals surface area contributed by atoms with Gasteiger partial charge in [0.1, 0.15) is 12.2 Å². The average molecular weight is 339 g/mol. The first-order valence-corrected chi connectivity index (χ1v) is 8.29. The summed E-state index contributed by atoms with van der Waals surface area (Å²) >= 11 is 0. The molecule has 3 nitrogen and oxygen atoms in total. The number of aryl methyl sites for hydroxylation is 1. The van der Waals surface area contributed by atoms with Gasteiger partial charge in [0.2, 0.25) is 0 Å². The molecule has 2 rings (SSSR count). The molecule has 25 heavy (non-hydrogen) atoms. The number of hydrogen-bond acceptors (Lipinski definition) is 3. The van der Waals surface area contributed by atoms with Crippen LogP contribution in [0.3, 0.4) is 0 Å². The molecule has 2 aromatic carbocycles. The third kappa shape index (κ3) is 4.45. The van der Waals surface area contributed by atoms with Gasteiger partial charge in [-0.25, -0.2) is 9.18 Å². The van der Waals surface area contributed by atoms with Gasteiger partial charge in [-0.15, -0.1) is 0 Å². The van der Waals surface area contributed by atoms with Crippen molar-refractivity contribution in [3.8, 4) is 6.07 Å². The van der Waals surface area contributed by atoms with Crippen LogP contribution in [0.5, 0.6) is 0 Å². The van der Waals surface area contributed by atoms with Crippen LogP contribution >= 0.6 is 0 Å². The molecule has 0 heterocycles. The summed E-state index contributed by atoms with van der Waals surface area (Å²) in [6.07, 6.45) is -0.0385. The topological polar surface area (TPSA) is 50.1 Å². The molecule has 4 heteroatoms. The first-order valence-electron chi connectivity index (χ1n) is 8.29. The molecule has 0 aliphatic carbocycles. The number of carbonyl (C=O) groups is 1. The average Bonchev–Trinajstić information content (AvgIpc) is 2.61. The van der Waals surface area contributed by atoms with E-state index in [1.54, 1.807) is 12.1 Å². The maximum Gasteiger partial charge on any atom is 0.364 e. The quantitative estimate of drug-likeness (QED) is 0.728. The molecule has 0 saturated heterocycles. The van der Waals surface area contributed by atoms with E-state index < -0.39 is 17.7 Å². The maximum absolute atomic E-state index is 15.1. The summed E-state index contributed by atoms with van der Waals surface area (Å²) in [7, 11) is 0. The molecule has 0 radical (unpaired) electrons. The van der Waals surface area contributed by atoms with Crippen LogP contribution in [0.4, 0.5) is 4.39 Å². The molecule has 0 bridgehead atoms. The lowest BCUT2D eigenvalue weighted by Crippen LogP contribution is -2.37. The predicted molar refractivity (Wildman–Crippen MR) is 94.4 cm³/mol. The van der Waals surface area contributed by atoms with E-state index in [9.17, 15) is 10.1 Å². The number of rotatable bonds is 6. The zero-order valence-electron chi connectivity index (χ0n) is 14.7. The van der Waals surface area contributed by atoms with E-state index in [1.165, 1.54) is 18.2 Å². The summed E-state index contributed by atoms with van der Waals surface area (Å²) in [6.45, 7) is 5.65. The van der Waals surface area contributed by atoms with Gasteiger partial charge in [0, 0.05) is 12.0 Å². The van der Waals surface area contributed by atoms with Crippen LogP contribution in [-0.2, 0) is 21.6 Å². The highest BCUT2D eigenvalue weighted by atomic mass is 19.1. The lowest BCUT2D eigenvalue weighted by Gasteiger charge is -2.25. The van der Waals surface area contributed by atoms with Crippen molar-refractivity contribution in [1.82, 2.24) is 0 Å². The fourth-order valence-electron chi connectivity index (χ4n) is 2.49. The van der Waals surface area contributed by atoms with Crippen molar-refractivity contribution in [2.75, 3.05) is 0 Å². The minimum atomic E-state index is -2.81. The molecule has 0 unspecified atom stereocenters. The smallest absolute Gasteiger partial charge is 0.364 e. The third-order valence-electron chi connectivity index (χ3n) is 4.17. The number of ether oxygens (including phenoxy) is 1. The molecule has 0 amide bonds. The summed E-state index contributed by atoms with van der Waals surface area (Å²) in [4.78, 5) is 12.5. The lowest BCUT2D eigenvalue weighted by molar-refractivity contribution is -0.162.